The van der Waals surface area contributed by atoms with Gasteiger partial charge < -0.3 is 16.0 Å². The normalized spacial score (nSPS) is 11.2. The standard InChI is InChI=1S/C23H29F2N5O/c1-2-3-10-26-12-13-27-20-6-4-17(5-7-20)8-11-28-22(31)19-15-18-9-14-30(23(24)25)21(18)29-16-19/h4-7,9,14-16,23,26-27H,2-3,8,10-13H2,1H3,(H,28,31). The van der Waals surface area contributed by atoms with Crippen LogP contribution >= 0.6 is 0 Å². The number of carbonyl (C=O) groups is 1. The second-order valence-corrected chi connectivity index (χ2v) is 7.37. The first kappa shape index (κ1) is 22.7. The zero-order valence-electron chi connectivity index (χ0n) is 17.7. The van der Waals surface area contributed by atoms with E-state index in [9.17, 15) is 13.6 Å². The molecule has 3 aromatic rings. The van der Waals surface area contributed by atoms with Gasteiger partial charge >= 0.3 is 6.55 Å². The van der Waals surface area contributed by atoms with Crippen molar-refractivity contribution in [1.82, 2.24) is 20.2 Å². The molecule has 0 spiro atoms. The van der Waals surface area contributed by atoms with Crippen LogP contribution in [0.3, 0.4) is 0 Å². The molecule has 2 aromatic heterocycles. The molecule has 0 bridgehead atoms. The van der Waals surface area contributed by atoms with Crippen LogP contribution in [0.1, 0.15) is 42.2 Å². The van der Waals surface area contributed by atoms with Gasteiger partial charge in [0.25, 0.3) is 5.91 Å². The highest BCUT2D eigenvalue weighted by atomic mass is 19.3. The summed E-state index contributed by atoms with van der Waals surface area (Å²) in [5.74, 6) is -0.270. The van der Waals surface area contributed by atoms with E-state index in [4.69, 9.17) is 0 Å². The number of benzene rings is 1. The van der Waals surface area contributed by atoms with Gasteiger partial charge in [0.15, 0.2) is 0 Å². The molecule has 31 heavy (non-hydrogen) atoms. The number of aromatic nitrogens is 2. The number of hydrogen-bond acceptors (Lipinski definition) is 4. The lowest BCUT2D eigenvalue weighted by atomic mass is 10.1. The van der Waals surface area contributed by atoms with E-state index in [1.54, 1.807) is 6.07 Å². The van der Waals surface area contributed by atoms with Gasteiger partial charge in [0.1, 0.15) is 5.65 Å². The molecule has 0 radical (unpaired) electrons. The largest absolute Gasteiger partial charge is 0.384 e. The topological polar surface area (TPSA) is 71.0 Å². The maximum atomic E-state index is 12.9. The fourth-order valence-electron chi connectivity index (χ4n) is 3.26. The van der Waals surface area contributed by atoms with Crippen molar-refractivity contribution in [2.24, 2.45) is 0 Å². The number of nitrogens with one attached hydrogen (secondary N) is 3. The van der Waals surface area contributed by atoms with E-state index in [1.165, 1.54) is 31.3 Å². The molecule has 3 N–H and O–H groups in total. The molecule has 0 aliphatic rings. The summed E-state index contributed by atoms with van der Waals surface area (Å²) in [6, 6.07) is 11.3. The number of hydrogen-bond donors (Lipinski definition) is 3. The number of unbranched alkanes of at least 4 members (excludes halogenated alkanes) is 1. The molecule has 0 saturated heterocycles. The average Bonchev–Trinajstić information content (AvgIpc) is 3.20. The summed E-state index contributed by atoms with van der Waals surface area (Å²) >= 11 is 0. The highest BCUT2D eigenvalue weighted by molar-refractivity contribution is 5.96. The molecule has 0 fully saturated rings. The van der Waals surface area contributed by atoms with Crippen molar-refractivity contribution in [3.8, 4) is 0 Å². The van der Waals surface area contributed by atoms with Crippen LogP contribution in [0.5, 0.6) is 0 Å². The van der Waals surface area contributed by atoms with Gasteiger partial charge in [0.05, 0.1) is 5.56 Å². The monoisotopic (exact) mass is 429 g/mol. The smallest absolute Gasteiger partial charge is 0.320 e. The van der Waals surface area contributed by atoms with Crippen LogP contribution in [0.4, 0.5) is 14.5 Å². The molecule has 0 saturated carbocycles. The maximum Gasteiger partial charge on any atom is 0.320 e. The average molecular weight is 430 g/mol. The molecule has 0 unspecified atom stereocenters. The van der Waals surface area contributed by atoms with E-state index < -0.39 is 6.55 Å². The zero-order chi connectivity index (χ0) is 22.1. The molecule has 1 aromatic carbocycles. The molecule has 6 nitrogen and oxygen atoms in total. The maximum absolute atomic E-state index is 12.9. The van der Waals surface area contributed by atoms with Gasteiger partial charge in [-0.3, -0.25) is 9.36 Å². The van der Waals surface area contributed by atoms with Crippen molar-refractivity contribution >= 4 is 22.6 Å². The Morgan fingerprint density at radius 3 is 2.65 bits per heavy atom. The van der Waals surface area contributed by atoms with Crippen LogP contribution in [0.2, 0.25) is 0 Å². The Balaban J connectivity index is 1.42. The number of nitrogens with zero attached hydrogens (tertiary/aromatic N) is 2. The van der Waals surface area contributed by atoms with Crippen molar-refractivity contribution in [3.05, 3.63) is 59.9 Å². The van der Waals surface area contributed by atoms with Crippen molar-refractivity contribution < 1.29 is 13.6 Å². The van der Waals surface area contributed by atoms with E-state index in [1.807, 2.05) is 24.3 Å². The summed E-state index contributed by atoms with van der Waals surface area (Å²) in [7, 11) is 0. The fourth-order valence-corrected chi connectivity index (χ4v) is 3.26. The number of halogens is 2. The summed E-state index contributed by atoms with van der Waals surface area (Å²) < 4.78 is 26.6. The third-order valence-electron chi connectivity index (χ3n) is 5.02. The molecule has 1 amide bonds. The summed E-state index contributed by atoms with van der Waals surface area (Å²) in [5.41, 5.74) is 2.71. The first-order valence-electron chi connectivity index (χ1n) is 10.6. The van der Waals surface area contributed by atoms with E-state index in [0.717, 1.165) is 35.5 Å². The summed E-state index contributed by atoms with van der Waals surface area (Å²) in [4.78, 5) is 16.4. The Morgan fingerprint density at radius 2 is 1.90 bits per heavy atom. The van der Waals surface area contributed by atoms with E-state index in [-0.39, 0.29) is 11.6 Å². The van der Waals surface area contributed by atoms with Gasteiger partial charge in [-0.15, -0.1) is 0 Å². The summed E-state index contributed by atoms with van der Waals surface area (Å²) in [5, 5.41) is 10.1. The van der Waals surface area contributed by atoms with Gasteiger partial charge in [0, 0.05) is 43.1 Å². The highest BCUT2D eigenvalue weighted by Gasteiger charge is 2.13. The first-order valence-corrected chi connectivity index (χ1v) is 10.6. The minimum atomic E-state index is -2.66. The lowest BCUT2D eigenvalue weighted by molar-refractivity contribution is 0.0746. The number of fused-ring (bicyclic) bond motifs is 1. The van der Waals surface area contributed by atoms with Crippen LogP contribution in [0.15, 0.2) is 48.8 Å². The second kappa shape index (κ2) is 11.4. The van der Waals surface area contributed by atoms with Gasteiger partial charge in [-0.25, -0.2) is 4.98 Å². The number of amides is 1. The van der Waals surface area contributed by atoms with Gasteiger partial charge in [-0.05, 0) is 49.2 Å². The van der Waals surface area contributed by atoms with Crippen molar-refractivity contribution in [3.63, 3.8) is 0 Å². The molecule has 0 atom stereocenters. The fraction of sp³-hybridized carbons (Fsp3) is 0.391. The van der Waals surface area contributed by atoms with Crippen molar-refractivity contribution in [2.45, 2.75) is 32.7 Å². The quantitative estimate of drug-likeness (QED) is 0.377. The molecular weight excluding hydrogens is 400 g/mol. The van der Waals surface area contributed by atoms with E-state index >= 15 is 0 Å². The second-order valence-electron chi connectivity index (χ2n) is 7.37. The number of carbonyl (C=O) groups excluding carboxylic acids is 1. The third-order valence-corrected chi connectivity index (χ3v) is 5.02. The Bertz CT molecular complexity index is 972. The Morgan fingerprint density at radius 1 is 1.10 bits per heavy atom. The number of rotatable bonds is 12. The SMILES string of the molecule is CCCCNCCNc1ccc(CCNC(=O)c2cnc3c(ccn3C(F)F)c2)cc1. The van der Waals surface area contributed by atoms with E-state index in [0.29, 0.717) is 23.9 Å². The van der Waals surface area contributed by atoms with Crippen LogP contribution in [0, 0.1) is 0 Å². The molecule has 0 aliphatic heterocycles. The lowest BCUT2D eigenvalue weighted by Crippen LogP contribution is -2.25. The Hall–Kier alpha value is -3.00. The first-order chi connectivity index (χ1) is 15.1. The van der Waals surface area contributed by atoms with Crippen LogP contribution in [-0.4, -0.2) is 41.6 Å². The Kier molecular flexibility index (Phi) is 8.35. The minimum absolute atomic E-state index is 0.164. The third kappa shape index (κ3) is 6.49. The van der Waals surface area contributed by atoms with Crippen molar-refractivity contribution in [1.29, 1.82) is 0 Å². The van der Waals surface area contributed by atoms with Gasteiger partial charge in [-0.1, -0.05) is 25.5 Å². The molecule has 8 heteroatoms. The molecule has 3 rings (SSSR count). The van der Waals surface area contributed by atoms with Crippen LogP contribution < -0.4 is 16.0 Å². The molecule has 0 aliphatic carbocycles. The Labute approximate surface area is 181 Å². The molecule has 166 valence electrons. The predicted octanol–water partition coefficient (Wildman–Crippen LogP) is 4.21. The van der Waals surface area contributed by atoms with Crippen LogP contribution in [0.25, 0.3) is 11.0 Å². The van der Waals surface area contributed by atoms with Crippen molar-refractivity contribution in [2.75, 3.05) is 31.5 Å². The minimum Gasteiger partial charge on any atom is -0.384 e. The zero-order valence-corrected chi connectivity index (χ0v) is 17.7. The van der Waals surface area contributed by atoms with Gasteiger partial charge in [-0.2, -0.15) is 8.78 Å². The van der Waals surface area contributed by atoms with Crippen LogP contribution in [-0.2, 0) is 6.42 Å². The number of pyridine rings is 1. The predicted molar refractivity (Wildman–Crippen MR) is 120 cm³/mol. The lowest BCUT2D eigenvalue weighted by Gasteiger charge is -2.09. The highest BCUT2D eigenvalue weighted by Crippen LogP contribution is 2.20. The summed E-state index contributed by atoms with van der Waals surface area (Å²) in [6.45, 7) is 2.85. The number of alkyl halides is 2. The summed E-state index contributed by atoms with van der Waals surface area (Å²) in [6.07, 6.45) is 5.69. The number of anilines is 1. The molecular formula is C23H29F2N5O. The molecule has 2 heterocycles. The van der Waals surface area contributed by atoms with Gasteiger partial charge in [0.2, 0.25) is 0 Å². The van der Waals surface area contributed by atoms with E-state index in [2.05, 4.69) is 27.9 Å².